The van der Waals surface area contributed by atoms with Crippen LogP contribution in [0.25, 0.3) is 0 Å². The number of methoxy groups -OCH3 is 1. The van der Waals surface area contributed by atoms with Crippen molar-refractivity contribution in [1.82, 2.24) is 15.1 Å². The van der Waals surface area contributed by atoms with Crippen LogP contribution in [0.4, 0.5) is 0 Å². The lowest BCUT2D eigenvalue weighted by molar-refractivity contribution is 0.116. The van der Waals surface area contributed by atoms with Gasteiger partial charge in [0.1, 0.15) is 0 Å². The van der Waals surface area contributed by atoms with Crippen molar-refractivity contribution < 1.29 is 9.47 Å². The van der Waals surface area contributed by atoms with Crippen molar-refractivity contribution in [3.63, 3.8) is 0 Å². The third kappa shape index (κ3) is 3.77. The minimum atomic E-state index is 0.249. The molecule has 0 saturated carbocycles. The maximum atomic E-state index is 5.79. The highest BCUT2D eigenvalue weighted by molar-refractivity contribution is 5.29. The van der Waals surface area contributed by atoms with E-state index < -0.39 is 0 Å². The number of ether oxygens (including phenoxy) is 2. The van der Waals surface area contributed by atoms with Crippen LogP contribution in [0.2, 0.25) is 0 Å². The first-order chi connectivity index (χ1) is 10.2. The topological polar surface area (TPSA) is 48.3 Å². The third-order valence-corrected chi connectivity index (χ3v) is 4.11. The highest BCUT2D eigenvalue weighted by Crippen LogP contribution is 2.36. The van der Waals surface area contributed by atoms with Gasteiger partial charge >= 0.3 is 0 Å². The van der Waals surface area contributed by atoms with Crippen molar-refractivity contribution >= 4 is 0 Å². The van der Waals surface area contributed by atoms with E-state index in [-0.39, 0.29) is 6.04 Å². The summed E-state index contributed by atoms with van der Waals surface area (Å²) in [5, 5.41) is 8.19. The third-order valence-electron chi connectivity index (χ3n) is 4.11. The van der Waals surface area contributed by atoms with Crippen LogP contribution in [-0.4, -0.2) is 36.1 Å². The van der Waals surface area contributed by atoms with Gasteiger partial charge in [-0.15, -0.1) is 0 Å². The Labute approximate surface area is 128 Å². The molecule has 0 spiro atoms. The van der Waals surface area contributed by atoms with Crippen LogP contribution in [0.5, 0.6) is 5.75 Å². The summed E-state index contributed by atoms with van der Waals surface area (Å²) in [6.45, 7) is 9.24. The Morgan fingerprint density at radius 1 is 1.48 bits per heavy atom. The van der Waals surface area contributed by atoms with Gasteiger partial charge in [-0.3, -0.25) is 4.68 Å². The molecule has 0 amide bonds. The van der Waals surface area contributed by atoms with Crippen LogP contribution in [0.15, 0.2) is 6.20 Å². The summed E-state index contributed by atoms with van der Waals surface area (Å²) in [7, 11) is 1.72. The van der Waals surface area contributed by atoms with Gasteiger partial charge in [-0.05, 0) is 32.7 Å². The van der Waals surface area contributed by atoms with Gasteiger partial charge in [-0.2, -0.15) is 5.10 Å². The SMILES string of the molecule is CCCNC(c1c(OC)cnn1CCC)C1COC(C)C1. The van der Waals surface area contributed by atoms with E-state index in [4.69, 9.17) is 9.47 Å². The molecule has 0 aromatic carbocycles. The molecule has 5 nitrogen and oxygen atoms in total. The van der Waals surface area contributed by atoms with Crippen LogP contribution in [0, 0.1) is 5.92 Å². The lowest BCUT2D eigenvalue weighted by atomic mass is 9.93. The van der Waals surface area contributed by atoms with Gasteiger partial charge in [0, 0.05) is 12.5 Å². The van der Waals surface area contributed by atoms with Gasteiger partial charge in [0.2, 0.25) is 0 Å². The van der Waals surface area contributed by atoms with Gasteiger partial charge in [-0.1, -0.05) is 13.8 Å². The zero-order valence-electron chi connectivity index (χ0n) is 13.8. The van der Waals surface area contributed by atoms with Gasteiger partial charge in [0.05, 0.1) is 37.8 Å². The molecule has 1 N–H and O–H groups in total. The molecule has 1 fully saturated rings. The number of aromatic nitrogens is 2. The maximum Gasteiger partial charge on any atom is 0.161 e. The van der Waals surface area contributed by atoms with Crippen molar-refractivity contribution in [2.24, 2.45) is 5.92 Å². The predicted octanol–water partition coefficient (Wildman–Crippen LogP) is 2.77. The van der Waals surface area contributed by atoms with E-state index >= 15 is 0 Å². The molecule has 2 heterocycles. The van der Waals surface area contributed by atoms with E-state index in [9.17, 15) is 0 Å². The Bertz CT molecular complexity index is 433. The Hall–Kier alpha value is -1.07. The molecular formula is C16H29N3O2. The van der Waals surface area contributed by atoms with Gasteiger partial charge in [0.25, 0.3) is 0 Å². The van der Waals surface area contributed by atoms with E-state index in [2.05, 4.69) is 35.9 Å². The summed E-state index contributed by atoms with van der Waals surface area (Å²) in [6.07, 6.45) is 5.45. The average molecular weight is 295 g/mol. The van der Waals surface area contributed by atoms with E-state index in [1.807, 2.05) is 6.20 Å². The summed E-state index contributed by atoms with van der Waals surface area (Å²) in [6, 6.07) is 0.249. The first-order valence-corrected chi connectivity index (χ1v) is 8.15. The first kappa shape index (κ1) is 16.3. The van der Waals surface area contributed by atoms with Gasteiger partial charge in [0.15, 0.2) is 5.75 Å². The number of rotatable bonds is 8. The minimum absolute atomic E-state index is 0.249. The normalized spacial score (nSPS) is 23.4. The molecule has 0 radical (unpaired) electrons. The monoisotopic (exact) mass is 295 g/mol. The second kappa shape index (κ2) is 7.80. The molecule has 1 saturated heterocycles. The molecule has 1 aliphatic rings. The fourth-order valence-electron chi connectivity index (χ4n) is 3.11. The largest absolute Gasteiger partial charge is 0.493 e. The molecule has 1 aromatic heterocycles. The smallest absolute Gasteiger partial charge is 0.161 e. The fraction of sp³-hybridized carbons (Fsp3) is 0.812. The predicted molar refractivity (Wildman–Crippen MR) is 83.6 cm³/mol. The molecule has 1 aromatic rings. The zero-order chi connectivity index (χ0) is 15.2. The van der Waals surface area contributed by atoms with Crippen LogP contribution >= 0.6 is 0 Å². The van der Waals surface area contributed by atoms with Crippen molar-refractivity contribution in [3.05, 3.63) is 11.9 Å². The Morgan fingerprint density at radius 3 is 2.86 bits per heavy atom. The van der Waals surface area contributed by atoms with Crippen LogP contribution < -0.4 is 10.1 Å². The van der Waals surface area contributed by atoms with E-state index in [1.54, 1.807) is 7.11 Å². The fourth-order valence-corrected chi connectivity index (χ4v) is 3.11. The lowest BCUT2D eigenvalue weighted by Crippen LogP contribution is -2.32. The Balaban J connectivity index is 2.28. The molecule has 0 bridgehead atoms. The molecular weight excluding hydrogens is 266 g/mol. The zero-order valence-corrected chi connectivity index (χ0v) is 13.8. The highest BCUT2D eigenvalue weighted by Gasteiger charge is 2.34. The molecule has 3 atom stereocenters. The molecule has 2 rings (SSSR count). The average Bonchev–Trinajstić information content (AvgIpc) is 3.07. The summed E-state index contributed by atoms with van der Waals surface area (Å²) >= 11 is 0. The summed E-state index contributed by atoms with van der Waals surface area (Å²) < 4.78 is 13.4. The molecule has 0 aliphatic carbocycles. The van der Waals surface area contributed by atoms with E-state index in [0.29, 0.717) is 12.0 Å². The lowest BCUT2D eigenvalue weighted by Gasteiger charge is -2.25. The Kier molecular flexibility index (Phi) is 6.06. The van der Waals surface area contributed by atoms with Crippen LogP contribution in [0.1, 0.15) is 51.8 Å². The summed E-state index contributed by atoms with van der Waals surface area (Å²) in [5.41, 5.74) is 1.18. The second-order valence-corrected chi connectivity index (χ2v) is 5.89. The van der Waals surface area contributed by atoms with Crippen molar-refractivity contribution in [2.45, 2.75) is 58.7 Å². The number of hydrogen-bond donors (Lipinski definition) is 1. The summed E-state index contributed by atoms with van der Waals surface area (Å²) in [4.78, 5) is 0. The molecule has 120 valence electrons. The van der Waals surface area contributed by atoms with Crippen molar-refractivity contribution in [1.29, 1.82) is 0 Å². The van der Waals surface area contributed by atoms with Crippen molar-refractivity contribution in [3.8, 4) is 5.75 Å². The Morgan fingerprint density at radius 2 is 2.29 bits per heavy atom. The van der Waals surface area contributed by atoms with Crippen LogP contribution in [-0.2, 0) is 11.3 Å². The van der Waals surface area contributed by atoms with Crippen LogP contribution in [0.3, 0.4) is 0 Å². The first-order valence-electron chi connectivity index (χ1n) is 8.15. The number of nitrogens with zero attached hydrogens (tertiary/aromatic N) is 2. The molecule has 3 unspecified atom stereocenters. The second-order valence-electron chi connectivity index (χ2n) is 5.89. The van der Waals surface area contributed by atoms with Crippen molar-refractivity contribution in [2.75, 3.05) is 20.3 Å². The van der Waals surface area contributed by atoms with E-state index in [1.165, 1.54) is 5.69 Å². The highest BCUT2D eigenvalue weighted by atomic mass is 16.5. The minimum Gasteiger partial charge on any atom is -0.493 e. The molecule has 1 aliphatic heterocycles. The quantitative estimate of drug-likeness (QED) is 0.801. The standard InChI is InChI=1S/C16H29N3O2/c1-5-7-17-15(13-9-12(3)21-11-13)16-14(20-4)10-18-19(16)8-6-2/h10,12-13,15,17H,5-9,11H2,1-4H3. The molecule has 5 heteroatoms. The van der Waals surface area contributed by atoms with Gasteiger partial charge < -0.3 is 14.8 Å². The number of aryl methyl sites for hydroxylation is 1. The maximum absolute atomic E-state index is 5.79. The summed E-state index contributed by atoms with van der Waals surface area (Å²) in [5.74, 6) is 1.37. The molecule has 21 heavy (non-hydrogen) atoms. The van der Waals surface area contributed by atoms with Gasteiger partial charge in [-0.25, -0.2) is 0 Å². The number of hydrogen-bond acceptors (Lipinski definition) is 4. The number of nitrogens with one attached hydrogen (secondary N) is 1. The van der Waals surface area contributed by atoms with E-state index in [0.717, 1.165) is 44.7 Å².